The summed E-state index contributed by atoms with van der Waals surface area (Å²) in [6.07, 6.45) is 1.28. The molecule has 1 fully saturated rings. The van der Waals surface area contributed by atoms with E-state index in [4.69, 9.17) is 0 Å². The Hall–Kier alpha value is -2.37. The van der Waals surface area contributed by atoms with Crippen molar-refractivity contribution in [1.29, 1.82) is 0 Å². The van der Waals surface area contributed by atoms with Gasteiger partial charge in [-0.2, -0.15) is 0 Å². The number of rotatable bonds is 5. The van der Waals surface area contributed by atoms with Gasteiger partial charge < -0.3 is 10.6 Å². The zero-order chi connectivity index (χ0) is 19.2. The van der Waals surface area contributed by atoms with E-state index in [1.807, 2.05) is 90.3 Å². The van der Waals surface area contributed by atoms with Crippen molar-refractivity contribution in [2.45, 2.75) is 11.0 Å². The smallest absolute Gasteiger partial charge is 0.255 e. The summed E-state index contributed by atoms with van der Waals surface area (Å²) in [5.74, 6) is 2.35. The molecule has 0 radical (unpaired) electrons. The summed E-state index contributed by atoms with van der Waals surface area (Å²) >= 11 is 3.98. The summed E-state index contributed by atoms with van der Waals surface area (Å²) in [7, 11) is 0. The van der Waals surface area contributed by atoms with Crippen LogP contribution in [-0.2, 0) is 0 Å². The highest BCUT2D eigenvalue weighted by Gasteiger charge is 2.17. The Morgan fingerprint density at radius 2 is 1.36 bits per heavy atom. The van der Waals surface area contributed by atoms with Gasteiger partial charge in [-0.05, 0) is 72.0 Å². The number of hydrogen-bond donors (Lipinski definition) is 2. The molecule has 5 heteroatoms. The molecule has 0 saturated carbocycles. The van der Waals surface area contributed by atoms with E-state index in [1.54, 1.807) is 0 Å². The molecule has 1 aliphatic heterocycles. The fraction of sp³-hybridized carbons (Fsp3) is 0.174. The molecule has 142 valence electrons. The van der Waals surface area contributed by atoms with E-state index in [2.05, 4.69) is 22.8 Å². The zero-order valence-electron chi connectivity index (χ0n) is 15.4. The number of carbonyl (C=O) groups is 1. The Morgan fingerprint density at radius 1 is 0.750 bits per heavy atom. The first kappa shape index (κ1) is 19.0. The summed E-state index contributed by atoms with van der Waals surface area (Å²) < 4.78 is 0.496. The van der Waals surface area contributed by atoms with Crippen molar-refractivity contribution in [1.82, 2.24) is 0 Å². The van der Waals surface area contributed by atoms with E-state index in [1.165, 1.54) is 23.5 Å². The molecule has 28 heavy (non-hydrogen) atoms. The van der Waals surface area contributed by atoms with Crippen molar-refractivity contribution in [2.24, 2.45) is 0 Å². The van der Waals surface area contributed by atoms with Crippen LogP contribution in [0.25, 0.3) is 0 Å². The second-order valence-corrected chi connectivity index (χ2v) is 9.30. The molecule has 4 rings (SSSR count). The van der Waals surface area contributed by atoms with Crippen LogP contribution in [0.15, 0.2) is 78.9 Å². The maximum Gasteiger partial charge on any atom is 0.255 e. The number of benzene rings is 3. The predicted molar refractivity (Wildman–Crippen MR) is 123 cm³/mol. The van der Waals surface area contributed by atoms with Gasteiger partial charge in [-0.15, -0.1) is 23.5 Å². The third kappa shape index (κ3) is 4.91. The summed E-state index contributed by atoms with van der Waals surface area (Å²) in [6.45, 7) is 0. The molecule has 2 N–H and O–H groups in total. The topological polar surface area (TPSA) is 41.1 Å². The van der Waals surface area contributed by atoms with Crippen molar-refractivity contribution in [3.05, 3.63) is 90.0 Å². The highest BCUT2D eigenvalue weighted by atomic mass is 32.2. The molecule has 1 saturated heterocycles. The second-order valence-electron chi connectivity index (χ2n) is 6.57. The van der Waals surface area contributed by atoms with E-state index in [0.717, 1.165) is 17.1 Å². The molecule has 0 unspecified atom stereocenters. The lowest BCUT2D eigenvalue weighted by molar-refractivity contribution is 0.102. The van der Waals surface area contributed by atoms with E-state index >= 15 is 0 Å². The molecule has 0 aliphatic carbocycles. The van der Waals surface area contributed by atoms with Crippen molar-refractivity contribution in [2.75, 3.05) is 22.1 Å². The summed E-state index contributed by atoms with van der Waals surface area (Å²) in [4.78, 5) is 12.5. The zero-order valence-corrected chi connectivity index (χ0v) is 17.1. The van der Waals surface area contributed by atoms with Gasteiger partial charge in [-0.1, -0.05) is 30.3 Å². The van der Waals surface area contributed by atoms with Crippen LogP contribution in [0.2, 0.25) is 0 Å². The Bertz CT molecular complexity index is 906. The lowest BCUT2D eigenvalue weighted by Gasteiger charge is -2.21. The van der Waals surface area contributed by atoms with Crippen molar-refractivity contribution < 1.29 is 4.79 Å². The van der Waals surface area contributed by atoms with Crippen LogP contribution in [0, 0.1) is 0 Å². The number of anilines is 3. The lowest BCUT2D eigenvalue weighted by atomic mass is 10.1. The monoisotopic (exact) mass is 406 g/mol. The quantitative estimate of drug-likeness (QED) is 0.504. The molecule has 0 bridgehead atoms. The Labute approximate surface area is 174 Å². The maximum atomic E-state index is 12.5. The predicted octanol–water partition coefficient (Wildman–Crippen LogP) is 6.55. The lowest BCUT2D eigenvalue weighted by Crippen LogP contribution is -2.12. The highest BCUT2D eigenvalue weighted by Crippen LogP contribution is 2.43. The van der Waals surface area contributed by atoms with Crippen molar-refractivity contribution in [3.8, 4) is 0 Å². The molecule has 0 atom stereocenters. The fourth-order valence-corrected chi connectivity index (χ4v) is 5.89. The van der Waals surface area contributed by atoms with Crippen LogP contribution < -0.4 is 10.6 Å². The van der Waals surface area contributed by atoms with Gasteiger partial charge in [-0.3, -0.25) is 4.79 Å². The number of thioether (sulfide) groups is 2. The van der Waals surface area contributed by atoms with E-state index in [9.17, 15) is 4.79 Å². The fourth-order valence-electron chi connectivity index (χ4n) is 3.00. The van der Waals surface area contributed by atoms with Crippen molar-refractivity contribution >= 4 is 46.5 Å². The average molecular weight is 407 g/mol. The Kier molecular flexibility index (Phi) is 6.24. The SMILES string of the molecule is O=C(Nc1ccc(Nc2ccccc2)cc1)c1ccc(C2SCCCS2)cc1. The number of para-hydroxylation sites is 1. The van der Waals surface area contributed by atoms with Gasteiger partial charge in [0.05, 0.1) is 4.58 Å². The van der Waals surface area contributed by atoms with Crippen LogP contribution in [0.5, 0.6) is 0 Å². The largest absolute Gasteiger partial charge is 0.356 e. The van der Waals surface area contributed by atoms with Crippen LogP contribution in [0.4, 0.5) is 17.1 Å². The van der Waals surface area contributed by atoms with Gasteiger partial charge in [0.1, 0.15) is 0 Å². The number of amides is 1. The van der Waals surface area contributed by atoms with E-state index in [0.29, 0.717) is 10.1 Å². The third-order valence-corrected chi connectivity index (χ3v) is 7.49. The molecular formula is C23H22N2OS2. The number of carbonyl (C=O) groups excluding carboxylic acids is 1. The van der Waals surface area contributed by atoms with Gasteiger partial charge in [0.2, 0.25) is 0 Å². The highest BCUT2D eigenvalue weighted by molar-refractivity contribution is 8.16. The van der Waals surface area contributed by atoms with Gasteiger partial charge >= 0.3 is 0 Å². The molecule has 3 nitrogen and oxygen atoms in total. The van der Waals surface area contributed by atoms with Gasteiger partial charge in [0, 0.05) is 22.6 Å². The maximum absolute atomic E-state index is 12.5. The van der Waals surface area contributed by atoms with E-state index < -0.39 is 0 Å². The molecule has 0 spiro atoms. The second kappa shape index (κ2) is 9.22. The summed E-state index contributed by atoms with van der Waals surface area (Å²) in [5, 5.41) is 6.31. The molecule has 3 aromatic carbocycles. The summed E-state index contributed by atoms with van der Waals surface area (Å²) in [6, 6.07) is 25.8. The molecule has 0 aromatic heterocycles. The van der Waals surface area contributed by atoms with Crippen LogP contribution in [-0.4, -0.2) is 17.4 Å². The minimum atomic E-state index is -0.0840. The van der Waals surface area contributed by atoms with Crippen molar-refractivity contribution in [3.63, 3.8) is 0 Å². The van der Waals surface area contributed by atoms with Crippen LogP contribution >= 0.6 is 23.5 Å². The summed E-state index contributed by atoms with van der Waals surface area (Å²) in [5.41, 5.74) is 4.78. The normalized spacial score (nSPS) is 14.4. The third-order valence-electron chi connectivity index (χ3n) is 4.48. The molecule has 1 heterocycles. The number of nitrogens with one attached hydrogen (secondary N) is 2. The first-order valence-electron chi connectivity index (χ1n) is 9.34. The molecule has 1 amide bonds. The van der Waals surface area contributed by atoms with Gasteiger partial charge in [0.25, 0.3) is 5.91 Å². The first-order valence-corrected chi connectivity index (χ1v) is 11.4. The van der Waals surface area contributed by atoms with Gasteiger partial charge in [-0.25, -0.2) is 0 Å². The molecular weight excluding hydrogens is 384 g/mol. The number of hydrogen-bond acceptors (Lipinski definition) is 4. The molecule has 1 aliphatic rings. The van der Waals surface area contributed by atoms with Crippen LogP contribution in [0.1, 0.15) is 26.9 Å². The minimum absolute atomic E-state index is 0.0840. The standard InChI is InChI=1S/C23H22N2OS2/c26-22(17-7-9-18(10-8-17)23-27-15-4-16-28-23)25-21-13-11-20(12-14-21)24-19-5-2-1-3-6-19/h1-3,5-14,23-24H,4,15-16H2,(H,25,26). The van der Waals surface area contributed by atoms with E-state index in [-0.39, 0.29) is 5.91 Å². The molecule has 3 aromatic rings. The Morgan fingerprint density at radius 3 is 2.04 bits per heavy atom. The minimum Gasteiger partial charge on any atom is -0.356 e. The Balaban J connectivity index is 1.36. The average Bonchev–Trinajstić information content (AvgIpc) is 2.76. The van der Waals surface area contributed by atoms with Gasteiger partial charge in [0.15, 0.2) is 0 Å². The first-order chi connectivity index (χ1) is 13.8. The van der Waals surface area contributed by atoms with Crippen LogP contribution in [0.3, 0.4) is 0 Å².